The minimum Gasteiger partial charge on any atom is -0.491 e. The summed E-state index contributed by atoms with van der Waals surface area (Å²) in [5.74, 6) is 0.449. The van der Waals surface area contributed by atoms with Gasteiger partial charge >= 0.3 is 0 Å². The molecule has 0 aliphatic carbocycles. The summed E-state index contributed by atoms with van der Waals surface area (Å²) in [5.41, 5.74) is 0.662. The van der Waals surface area contributed by atoms with Crippen LogP contribution < -0.4 is 9.64 Å². The summed E-state index contributed by atoms with van der Waals surface area (Å²) >= 11 is 0. The van der Waals surface area contributed by atoms with E-state index in [1.807, 2.05) is 12.1 Å². The summed E-state index contributed by atoms with van der Waals surface area (Å²) in [6, 6.07) is 7.27. The van der Waals surface area contributed by atoms with Gasteiger partial charge in [-0.25, -0.2) is 0 Å². The number of hydrogen-bond donors (Lipinski definition) is 0. The molecule has 1 aliphatic rings. The van der Waals surface area contributed by atoms with Gasteiger partial charge in [-0.2, -0.15) is 0 Å². The fourth-order valence-electron chi connectivity index (χ4n) is 1.77. The molecule has 0 saturated heterocycles. The summed E-state index contributed by atoms with van der Waals surface area (Å²) < 4.78 is 5.50. The highest BCUT2D eigenvalue weighted by atomic mass is 16.5. The number of hydrogen-bond acceptors (Lipinski definition) is 3. The number of amides is 2. The van der Waals surface area contributed by atoms with E-state index in [1.54, 1.807) is 26.2 Å². The minimum atomic E-state index is -0.111. The number of nitrogens with zero attached hydrogens (tertiary/aromatic N) is 2. The third-order valence-corrected chi connectivity index (χ3v) is 2.82. The van der Waals surface area contributed by atoms with Crippen molar-refractivity contribution >= 4 is 17.5 Å². The van der Waals surface area contributed by atoms with E-state index < -0.39 is 0 Å². The summed E-state index contributed by atoms with van der Waals surface area (Å²) in [6.07, 6.45) is 0.287. The number of benzene rings is 1. The smallest absolute Gasteiger partial charge is 0.242 e. The van der Waals surface area contributed by atoms with Gasteiger partial charge in [0.15, 0.2) is 0 Å². The highest BCUT2D eigenvalue weighted by Crippen LogP contribution is 2.30. The van der Waals surface area contributed by atoms with Crippen molar-refractivity contribution in [1.29, 1.82) is 0 Å². The van der Waals surface area contributed by atoms with E-state index >= 15 is 0 Å². The fraction of sp³-hybridized carbons (Fsp3) is 0.385. The zero-order valence-electron chi connectivity index (χ0n) is 10.5. The molecule has 0 unspecified atom stereocenters. The van der Waals surface area contributed by atoms with E-state index in [1.165, 1.54) is 9.80 Å². The second-order valence-electron chi connectivity index (χ2n) is 4.33. The van der Waals surface area contributed by atoms with Gasteiger partial charge in [-0.3, -0.25) is 14.5 Å². The number of anilines is 1. The van der Waals surface area contributed by atoms with Crippen molar-refractivity contribution in [3.63, 3.8) is 0 Å². The summed E-state index contributed by atoms with van der Waals surface area (Å²) in [4.78, 5) is 26.7. The Morgan fingerprint density at radius 3 is 2.83 bits per heavy atom. The lowest BCUT2D eigenvalue weighted by Crippen LogP contribution is -2.40. The third kappa shape index (κ3) is 2.45. The van der Waals surface area contributed by atoms with Crippen molar-refractivity contribution in [2.45, 2.75) is 6.42 Å². The van der Waals surface area contributed by atoms with Crippen LogP contribution in [0, 0.1) is 0 Å². The Hall–Kier alpha value is -2.04. The molecular weight excluding hydrogens is 232 g/mol. The van der Waals surface area contributed by atoms with Crippen LogP contribution in [-0.4, -0.2) is 44.0 Å². The van der Waals surface area contributed by atoms with Crippen LogP contribution in [0.25, 0.3) is 0 Å². The Morgan fingerprint density at radius 1 is 1.39 bits per heavy atom. The number of fused-ring (bicyclic) bond motifs is 1. The van der Waals surface area contributed by atoms with Crippen LogP contribution >= 0.6 is 0 Å². The highest BCUT2D eigenvalue weighted by molar-refractivity contribution is 6.00. The first-order chi connectivity index (χ1) is 8.59. The largest absolute Gasteiger partial charge is 0.491 e. The predicted octanol–water partition coefficient (Wildman–Crippen LogP) is 0.890. The van der Waals surface area contributed by atoms with E-state index in [-0.39, 0.29) is 24.8 Å². The molecule has 96 valence electrons. The first-order valence-corrected chi connectivity index (χ1v) is 5.82. The fourth-order valence-corrected chi connectivity index (χ4v) is 1.77. The van der Waals surface area contributed by atoms with E-state index in [4.69, 9.17) is 4.74 Å². The first-order valence-electron chi connectivity index (χ1n) is 5.82. The second-order valence-corrected chi connectivity index (χ2v) is 4.33. The maximum atomic E-state index is 12.0. The highest BCUT2D eigenvalue weighted by Gasteiger charge is 2.25. The van der Waals surface area contributed by atoms with Gasteiger partial charge in [0.25, 0.3) is 0 Å². The zero-order chi connectivity index (χ0) is 13.1. The quantitative estimate of drug-likeness (QED) is 0.781. The van der Waals surface area contributed by atoms with Gasteiger partial charge in [-0.05, 0) is 12.1 Å². The molecule has 0 radical (unpaired) electrons. The molecule has 0 saturated carbocycles. The van der Waals surface area contributed by atoms with Crippen LogP contribution in [0.2, 0.25) is 0 Å². The van der Waals surface area contributed by atoms with E-state index in [2.05, 4.69) is 0 Å². The number of ether oxygens (including phenoxy) is 1. The van der Waals surface area contributed by atoms with Crippen molar-refractivity contribution in [3.8, 4) is 5.75 Å². The van der Waals surface area contributed by atoms with Gasteiger partial charge in [0, 0.05) is 14.1 Å². The molecule has 1 aromatic rings. The zero-order valence-corrected chi connectivity index (χ0v) is 10.5. The maximum Gasteiger partial charge on any atom is 0.242 e. The molecule has 0 N–H and O–H groups in total. The second kappa shape index (κ2) is 5.08. The van der Waals surface area contributed by atoms with Crippen LogP contribution in [-0.2, 0) is 9.59 Å². The van der Waals surface area contributed by atoms with Crippen LogP contribution in [0.15, 0.2) is 24.3 Å². The van der Waals surface area contributed by atoms with E-state index in [9.17, 15) is 9.59 Å². The number of likely N-dealkylation sites (N-methyl/N-ethyl adjacent to an activating group) is 1. The Morgan fingerprint density at radius 2 is 2.11 bits per heavy atom. The van der Waals surface area contributed by atoms with Gasteiger partial charge in [-0.1, -0.05) is 12.1 Å². The monoisotopic (exact) mass is 248 g/mol. The normalized spacial score (nSPS) is 14.6. The Labute approximate surface area is 106 Å². The van der Waals surface area contributed by atoms with Gasteiger partial charge in [0.1, 0.15) is 12.3 Å². The third-order valence-electron chi connectivity index (χ3n) is 2.82. The molecule has 0 aromatic heterocycles. The Bertz CT molecular complexity index is 471. The minimum absolute atomic E-state index is 0.0478. The molecule has 2 rings (SSSR count). The molecule has 18 heavy (non-hydrogen) atoms. The first kappa shape index (κ1) is 12.4. The van der Waals surface area contributed by atoms with Crippen LogP contribution in [0.1, 0.15) is 6.42 Å². The van der Waals surface area contributed by atoms with Crippen LogP contribution in [0.3, 0.4) is 0 Å². The predicted molar refractivity (Wildman–Crippen MR) is 67.6 cm³/mol. The molecule has 5 nitrogen and oxygen atoms in total. The number of rotatable bonds is 2. The summed E-state index contributed by atoms with van der Waals surface area (Å²) in [5, 5.41) is 0. The number of carbonyl (C=O) groups excluding carboxylic acids is 2. The van der Waals surface area contributed by atoms with Gasteiger partial charge in [0.2, 0.25) is 11.8 Å². The van der Waals surface area contributed by atoms with Crippen molar-refractivity contribution in [3.05, 3.63) is 24.3 Å². The molecule has 1 heterocycles. The van der Waals surface area contributed by atoms with Crippen molar-refractivity contribution in [1.82, 2.24) is 4.90 Å². The van der Waals surface area contributed by atoms with Gasteiger partial charge in [-0.15, -0.1) is 0 Å². The lowest BCUT2D eigenvalue weighted by molar-refractivity contribution is -0.129. The average Bonchev–Trinajstić information content (AvgIpc) is 2.50. The molecule has 0 fully saturated rings. The molecule has 0 atom stereocenters. The Kier molecular flexibility index (Phi) is 3.50. The molecule has 0 spiro atoms. The number of carbonyl (C=O) groups is 2. The maximum absolute atomic E-state index is 12.0. The van der Waals surface area contributed by atoms with Crippen molar-refractivity contribution < 1.29 is 14.3 Å². The summed E-state index contributed by atoms with van der Waals surface area (Å²) in [6.45, 7) is 0.398. The molecular formula is C13H16N2O3. The molecule has 1 aliphatic heterocycles. The Balaban J connectivity index is 2.31. The molecule has 1 aromatic carbocycles. The molecule has 5 heteroatoms. The lowest BCUT2D eigenvalue weighted by Gasteiger charge is -2.22. The average molecular weight is 248 g/mol. The molecule has 2 amide bonds. The topological polar surface area (TPSA) is 49.9 Å². The van der Waals surface area contributed by atoms with E-state index in [0.717, 1.165) is 0 Å². The summed E-state index contributed by atoms with van der Waals surface area (Å²) in [7, 11) is 3.35. The van der Waals surface area contributed by atoms with Crippen LogP contribution in [0.4, 0.5) is 5.69 Å². The number of para-hydroxylation sites is 2. The van der Waals surface area contributed by atoms with Gasteiger partial charge < -0.3 is 9.64 Å². The molecule has 0 bridgehead atoms. The van der Waals surface area contributed by atoms with Crippen molar-refractivity contribution in [2.75, 3.05) is 32.1 Å². The van der Waals surface area contributed by atoms with Crippen LogP contribution in [0.5, 0.6) is 5.75 Å². The van der Waals surface area contributed by atoms with E-state index in [0.29, 0.717) is 18.0 Å². The van der Waals surface area contributed by atoms with Crippen molar-refractivity contribution in [2.24, 2.45) is 0 Å². The standard InChI is InChI=1S/C13H16N2O3/c1-14(2)13(17)9-15-10-5-3-4-6-11(10)18-8-7-12(15)16/h3-6H,7-9H2,1-2H3. The van der Waals surface area contributed by atoms with Gasteiger partial charge in [0.05, 0.1) is 18.7 Å². The lowest BCUT2D eigenvalue weighted by atomic mass is 10.2. The SMILES string of the molecule is CN(C)C(=O)CN1C(=O)CCOc2ccccc21.